The third-order valence-electron chi connectivity index (χ3n) is 5.77. The molecule has 4 rings (SSSR count). The molecule has 3 heteroatoms. The van der Waals surface area contributed by atoms with Gasteiger partial charge in [0, 0.05) is 51.9 Å². The topological polar surface area (TPSA) is 9.72 Å². The molecular formula is C22H29N3. The Balaban J connectivity index is 1.46. The zero-order valence-electron chi connectivity index (χ0n) is 15.5. The van der Waals surface area contributed by atoms with Gasteiger partial charge in [0.25, 0.3) is 0 Å². The van der Waals surface area contributed by atoms with E-state index in [-0.39, 0.29) is 0 Å². The standard InChI is InChI=1S/C22H29N3/c1-18-6-3-4-9-22(18)20-8-5-7-19(14-20)15-24-11-13-25-12-10-23(2)16-21(25)17-24/h3-9,14,21H,10-13,15-17H2,1-2H3/t21-/m1/s1. The molecule has 132 valence electrons. The molecule has 3 nitrogen and oxygen atoms in total. The van der Waals surface area contributed by atoms with Crippen molar-refractivity contribution in [1.29, 1.82) is 0 Å². The van der Waals surface area contributed by atoms with E-state index in [1.807, 2.05) is 0 Å². The van der Waals surface area contributed by atoms with Gasteiger partial charge in [-0.15, -0.1) is 0 Å². The maximum absolute atomic E-state index is 2.68. The number of rotatable bonds is 3. The second-order valence-corrected chi connectivity index (χ2v) is 7.70. The third kappa shape index (κ3) is 3.79. The van der Waals surface area contributed by atoms with Crippen molar-refractivity contribution in [2.24, 2.45) is 0 Å². The number of benzene rings is 2. The lowest BCUT2D eigenvalue weighted by Crippen LogP contribution is -2.61. The Kier molecular flexibility index (Phi) is 4.89. The van der Waals surface area contributed by atoms with Crippen LogP contribution in [0, 0.1) is 6.92 Å². The van der Waals surface area contributed by atoms with Gasteiger partial charge in [0.05, 0.1) is 0 Å². The summed E-state index contributed by atoms with van der Waals surface area (Å²) in [5, 5.41) is 0. The minimum absolute atomic E-state index is 0.701. The maximum atomic E-state index is 2.68. The van der Waals surface area contributed by atoms with Crippen LogP contribution in [-0.2, 0) is 6.54 Å². The Hall–Kier alpha value is -1.68. The van der Waals surface area contributed by atoms with Crippen molar-refractivity contribution in [1.82, 2.24) is 14.7 Å². The molecule has 0 spiro atoms. The average molecular weight is 335 g/mol. The summed E-state index contributed by atoms with van der Waals surface area (Å²) in [6.45, 7) is 10.5. The normalized spacial score (nSPS) is 22.7. The largest absolute Gasteiger partial charge is 0.303 e. The van der Waals surface area contributed by atoms with Gasteiger partial charge in [0.15, 0.2) is 0 Å². The number of hydrogen-bond donors (Lipinski definition) is 0. The fourth-order valence-corrected chi connectivity index (χ4v) is 4.31. The minimum atomic E-state index is 0.701. The van der Waals surface area contributed by atoms with Crippen molar-refractivity contribution >= 4 is 0 Å². The van der Waals surface area contributed by atoms with Crippen LogP contribution in [0.5, 0.6) is 0 Å². The molecule has 0 aromatic heterocycles. The highest BCUT2D eigenvalue weighted by Gasteiger charge is 2.30. The molecular weight excluding hydrogens is 306 g/mol. The fraction of sp³-hybridized carbons (Fsp3) is 0.455. The minimum Gasteiger partial charge on any atom is -0.303 e. The lowest BCUT2D eigenvalue weighted by molar-refractivity contribution is 0.0175. The lowest BCUT2D eigenvalue weighted by atomic mass is 9.98. The van der Waals surface area contributed by atoms with E-state index in [2.05, 4.69) is 77.2 Å². The first kappa shape index (κ1) is 16.8. The molecule has 0 amide bonds. The van der Waals surface area contributed by atoms with E-state index in [0.29, 0.717) is 6.04 Å². The van der Waals surface area contributed by atoms with Crippen LogP contribution in [0.25, 0.3) is 11.1 Å². The molecule has 0 N–H and O–H groups in total. The summed E-state index contributed by atoms with van der Waals surface area (Å²) in [4.78, 5) is 7.79. The van der Waals surface area contributed by atoms with E-state index >= 15 is 0 Å². The second kappa shape index (κ2) is 7.28. The first-order valence-electron chi connectivity index (χ1n) is 9.49. The Labute approximate surface area is 151 Å². The monoisotopic (exact) mass is 335 g/mol. The smallest absolute Gasteiger partial charge is 0.0351 e. The van der Waals surface area contributed by atoms with Crippen LogP contribution in [-0.4, -0.2) is 67.1 Å². The van der Waals surface area contributed by atoms with E-state index in [4.69, 9.17) is 0 Å². The zero-order valence-corrected chi connectivity index (χ0v) is 15.5. The highest BCUT2D eigenvalue weighted by atomic mass is 15.3. The van der Waals surface area contributed by atoms with Gasteiger partial charge in [-0.25, -0.2) is 0 Å². The zero-order chi connectivity index (χ0) is 17.2. The van der Waals surface area contributed by atoms with Crippen LogP contribution in [0.1, 0.15) is 11.1 Å². The lowest BCUT2D eigenvalue weighted by Gasteiger charge is -2.46. The molecule has 2 saturated heterocycles. The molecule has 2 aliphatic heterocycles. The molecule has 0 aliphatic carbocycles. The summed E-state index contributed by atoms with van der Waals surface area (Å²) in [6.07, 6.45) is 0. The van der Waals surface area contributed by atoms with Crippen molar-refractivity contribution < 1.29 is 0 Å². The Morgan fingerprint density at radius 1 is 0.920 bits per heavy atom. The first-order valence-corrected chi connectivity index (χ1v) is 9.49. The summed E-state index contributed by atoms with van der Waals surface area (Å²) >= 11 is 0. The van der Waals surface area contributed by atoms with Gasteiger partial charge in [-0.3, -0.25) is 9.80 Å². The molecule has 0 bridgehead atoms. The number of fused-ring (bicyclic) bond motifs is 1. The van der Waals surface area contributed by atoms with Gasteiger partial charge in [-0.1, -0.05) is 42.5 Å². The first-order chi connectivity index (χ1) is 12.2. The van der Waals surface area contributed by atoms with Gasteiger partial charge in [-0.2, -0.15) is 0 Å². The third-order valence-corrected chi connectivity index (χ3v) is 5.77. The van der Waals surface area contributed by atoms with Gasteiger partial charge in [0.2, 0.25) is 0 Å². The highest BCUT2D eigenvalue weighted by molar-refractivity contribution is 5.67. The average Bonchev–Trinajstić information content (AvgIpc) is 2.62. The Morgan fingerprint density at radius 3 is 2.64 bits per heavy atom. The van der Waals surface area contributed by atoms with Crippen LogP contribution in [0.15, 0.2) is 48.5 Å². The molecule has 2 aromatic carbocycles. The van der Waals surface area contributed by atoms with Crippen LogP contribution < -0.4 is 0 Å². The second-order valence-electron chi connectivity index (χ2n) is 7.70. The van der Waals surface area contributed by atoms with E-state index in [1.165, 1.54) is 61.5 Å². The Morgan fingerprint density at radius 2 is 1.76 bits per heavy atom. The van der Waals surface area contributed by atoms with Gasteiger partial charge >= 0.3 is 0 Å². The van der Waals surface area contributed by atoms with Gasteiger partial charge in [0.1, 0.15) is 0 Å². The van der Waals surface area contributed by atoms with E-state index in [9.17, 15) is 0 Å². The number of likely N-dealkylation sites (N-methyl/N-ethyl adjacent to an activating group) is 1. The summed E-state index contributed by atoms with van der Waals surface area (Å²) in [5.74, 6) is 0. The molecule has 1 atom stereocenters. The molecule has 0 radical (unpaired) electrons. The van der Waals surface area contributed by atoms with E-state index in [0.717, 1.165) is 6.54 Å². The summed E-state index contributed by atoms with van der Waals surface area (Å²) in [7, 11) is 2.25. The van der Waals surface area contributed by atoms with E-state index in [1.54, 1.807) is 0 Å². The number of hydrogen-bond acceptors (Lipinski definition) is 3. The fourth-order valence-electron chi connectivity index (χ4n) is 4.31. The summed E-state index contributed by atoms with van der Waals surface area (Å²) < 4.78 is 0. The maximum Gasteiger partial charge on any atom is 0.0351 e. The van der Waals surface area contributed by atoms with E-state index < -0.39 is 0 Å². The van der Waals surface area contributed by atoms with Crippen molar-refractivity contribution in [3.05, 3.63) is 59.7 Å². The van der Waals surface area contributed by atoms with Crippen LogP contribution in [0.4, 0.5) is 0 Å². The number of nitrogens with zero attached hydrogens (tertiary/aromatic N) is 3. The van der Waals surface area contributed by atoms with Crippen LogP contribution in [0.2, 0.25) is 0 Å². The molecule has 2 aliphatic rings. The molecule has 2 heterocycles. The summed E-state index contributed by atoms with van der Waals surface area (Å²) in [6, 6.07) is 18.5. The molecule has 0 saturated carbocycles. The molecule has 0 unspecified atom stereocenters. The quantitative estimate of drug-likeness (QED) is 0.853. The predicted octanol–water partition coefficient (Wildman–Crippen LogP) is 3.09. The highest BCUT2D eigenvalue weighted by Crippen LogP contribution is 2.25. The molecule has 2 aromatic rings. The SMILES string of the molecule is Cc1ccccc1-c1cccc(CN2CCN3CCN(C)C[C@@H]3C2)c1. The van der Waals surface area contributed by atoms with Crippen molar-refractivity contribution in [3.8, 4) is 11.1 Å². The molecule has 25 heavy (non-hydrogen) atoms. The van der Waals surface area contributed by atoms with Gasteiger partial charge < -0.3 is 4.90 Å². The Bertz CT molecular complexity index is 727. The predicted molar refractivity (Wildman–Crippen MR) is 105 cm³/mol. The van der Waals surface area contributed by atoms with Crippen LogP contribution in [0.3, 0.4) is 0 Å². The number of piperazine rings is 2. The van der Waals surface area contributed by atoms with Crippen molar-refractivity contribution in [3.63, 3.8) is 0 Å². The molecule has 2 fully saturated rings. The van der Waals surface area contributed by atoms with Crippen molar-refractivity contribution in [2.45, 2.75) is 19.5 Å². The van der Waals surface area contributed by atoms with Gasteiger partial charge in [-0.05, 0) is 42.3 Å². The van der Waals surface area contributed by atoms with Crippen molar-refractivity contribution in [2.75, 3.05) is 46.3 Å². The van der Waals surface area contributed by atoms with Crippen LogP contribution >= 0.6 is 0 Å². The summed E-state index contributed by atoms with van der Waals surface area (Å²) in [5.41, 5.74) is 5.46. The number of aryl methyl sites for hydroxylation is 1.